The fraction of sp³-hybridized carbons (Fsp3) is 0.556. The molecule has 3 N–H and O–H groups in total. The lowest BCUT2D eigenvalue weighted by Gasteiger charge is -2.14. The first-order valence-electron chi connectivity index (χ1n) is 5.06. The molecule has 14 heavy (non-hydrogen) atoms. The van der Waals surface area contributed by atoms with Gasteiger partial charge in [0.05, 0.1) is 11.8 Å². The molecule has 75 valence electrons. The molecule has 0 aliphatic heterocycles. The second kappa shape index (κ2) is 4.31. The zero-order valence-electron chi connectivity index (χ0n) is 9.17. The molecule has 0 bridgehead atoms. The Morgan fingerprint density at radius 2 is 2.29 bits per heavy atom. The van der Waals surface area contributed by atoms with Crippen LogP contribution >= 0.6 is 0 Å². The predicted octanol–water partition coefficient (Wildman–Crippen LogP) is -0.162. The lowest BCUT2D eigenvalue weighted by Crippen LogP contribution is -2.38. The summed E-state index contributed by atoms with van der Waals surface area (Å²) in [6, 6.07) is 0. The van der Waals surface area contributed by atoms with E-state index in [1.165, 1.54) is 0 Å². The Labute approximate surface area is 85.6 Å². The van der Waals surface area contributed by atoms with Gasteiger partial charge in [0.2, 0.25) is 19.2 Å². The smallest absolute Gasteiger partial charge is 0.242 e. The Morgan fingerprint density at radius 3 is 2.86 bits per heavy atom. The van der Waals surface area contributed by atoms with Crippen LogP contribution in [0, 0.1) is 11.8 Å². The number of carbonyl (C=O) groups is 2. The van der Waals surface area contributed by atoms with Gasteiger partial charge in [0.25, 0.3) is 0 Å². The average Bonchev–Trinajstić information content (AvgIpc) is 2.59. The summed E-state index contributed by atoms with van der Waals surface area (Å²) in [5, 5.41) is 2.57. The van der Waals surface area contributed by atoms with Crippen LogP contribution in [0.25, 0.3) is 0 Å². The Balaban J connectivity index is 2.72. The molecule has 1 radical (unpaired) electrons. The fourth-order valence-corrected chi connectivity index (χ4v) is 1.79. The summed E-state index contributed by atoms with van der Waals surface area (Å²) in [5.41, 5.74) is 2.72. The van der Waals surface area contributed by atoms with Crippen LogP contribution in [0.2, 0.25) is 8.23 Å². The van der Waals surface area contributed by atoms with Crippen molar-refractivity contribution in [3.05, 3.63) is 12.2 Å². The highest BCUT2D eigenvalue weighted by Gasteiger charge is 2.37. The molecule has 2 amide bonds. The van der Waals surface area contributed by atoms with Crippen LogP contribution in [-0.4, -0.2) is 19.2 Å². The topological polar surface area (TPSA) is 72.2 Å². The molecule has 5 heteroatoms. The van der Waals surface area contributed by atoms with Gasteiger partial charge in [-0.15, -0.1) is 0 Å². The molecule has 0 aromatic rings. The van der Waals surface area contributed by atoms with Crippen molar-refractivity contribution in [2.24, 2.45) is 17.6 Å². The quantitative estimate of drug-likeness (QED) is 0.483. The maximum atomic E-state index is 11.6. The van der Waals surface area contributed by atoms with Gasteiger partial charge in [0.15, 0.2) is 1.41 Å². The highest BCUT2D eigenvalue weighted by molar-refractivity contribution is 6.35. The minimum absolute atomic E-state index is 0.176. The highest BCUT2D eigenvalue weighted by Crippen LogP contribution is 2.34. The third-order valence-electron chi connectivity index (χ3n) is 2.46. The summed E-state index contributed by atoms with van der Waals surface area (Å²) in [5.74, 6) is -1.43. The van der Waals surface area contributed by atoms with Crippen LogP contribution in [0.3, 0.4) is 0 Å². The Bertz CT molecular complexity index is 296. The summed E-state index contributed by atoms with van der Waals surface area (Å²) in [4.78, 5) is 22.9. The van der Waals surface area contributed by atoms with Crippen LogP contribution in [0.15, 0.2) is 12.2 Å². The van der Waals surface area contributed by atoms with Crippen LogP contribution in [0.5, 0.6) is 0 Å². The van der Waals surface area contributed by atoms with E-state index < -0.39 is 11.8 Å². The molecule has 0 saturated heterocycles. The van der Waals surface area contributed by atoms with Gasteiger partial charge >= 0.3 is 0 Å². The molecule has 1 fully saturated rings. The first-order chi connectivity index (χ1) is 7.10. The maximum Gasteiger partial charge on any atom is 0.242 e. The van der Waals surface area contributed by atoms with Gasteiger partial charge in [-0.05, 0) is 12.8 Å². The molecular formula is C9H14BN2O2. The summed E-state index contributed by atoms with van der Waals surface area (Å²) in [6.07, 6.45) is 1.02. The molecule has 1 rings (SSSR count). The van der Waals surface area contributed by atoms with Crippen molar-refractivity contribution in [2.45, 2.75) is 19.7 Å². The van der Waals surface area contributed by atoms with Gasteiger partial charge in [-0.1, -0.05) is 19.0 Å². The van der Waals surface area contributed by atoms with Crippen LogP contribution in [0.4, 0.5) is 0 Å². The van der Waals surface area contributed by atoms with Gasteiger partial charge in [-0.2, -0.15) is 0 Å². The van der Waals surface area contributed by atoms with Gasteiger partial charge in [-0.3, -0.25) is 9.59 Å². The van der Waals surface area contributed by atoms with E-state index in [1.807, 2.05) is 5.73 Å². The maximum absolute atomic E-state index is 11.6. The number of primary amides is 1. The minimum atomic E-state index is -0.449. The molecule has 0 aromatic carbocycles. The Morgan fingerprint density at radius 1 is 1.64 bits per heavy atom. The lowest BCUT2D eigenvalue weighted by molar-refractivity contribution is -0.131. The summed E-state index contributed by atoms with van der Waals surface area (Å²) < 4.78 is 6.80. The van der Waals surface area contributed by atoms with E-state index in [1.54, 1.807) is 14.2 Å². The normalized spacial score (nSPS) is 26.6. The number of hydrogen-bond donors (Lipinski definition) is 2. The average molecular weight is 194 g/mol. The van der Waals surface area contributed by atoms with Crippen molar-refractivity contribution < 1.29 is 11.0 Å². The van der Waals surface area contributed by atoms with Crippen LogP contribution in [0.1, 0.15) is 12.8 Å². The monoisotopic (exact) mass is 194 g/mol. The summed E-state index contributed by atoms with van der Waals surface area (Å²) in [6.45, 7) is 5.49. The second-order valence-electron chi connectivity index (χ2n) is 3.53. The number of carbonyl (C=O) groups excluding carboxylic acids is 2. The highest BCUT2D eigenvalue weighted by atomic mass is 16.2. The molecule has 4 nitrogen and oxygen atoms in total. The van der Waals surface area contributed by atoms with E-state index in [-0.39, 0.29) is 11.8 Å². The van der Waals surface area contributed by atoms with Gasteiger partial charge in [0.1, 0.15) is 0 Å². The molecule has 0 aromatic heterocycles. The molecular weight excluding hydrogens is 179 g/mol. The number of hydrogen-bond acceptors (Lipinski definition) is 2. The summed E-state index contributed by atoms with van der Waals surface area (Å²) >= 11 is 0. The van der Waals surface area contributed by atoms with Crippen molar-refractivity contribution >= 4 is 19.2 Å². The predicted molar refractivity (Wildman–Crippen MR) is 54.3 cm³/mol. The third kappa shape index (κ3) is 2.16. The molecule has 1 saturated carbocycles. The summed E-state index contributed by atoms with van der Waals surface area (Å²) in [7, 11) is 1.54. The van der Waals surface area contributed by atoms with E-state index in [0.29, 0.717) is 12.8 Å². The van der Waals surface area contributed by atoms with Crippen molar-refractivity contribution in [3.63, 3.8) is 0 Å². The zero-order chi connectivity index (χ0) is 11.4. The zero-order valence-corrected chi connectivity index (χ0v) is 8.17. The third-order valence-corrected chi connectivity index (χ3v) is 2.46. The molecule has 0 heterocycles. The largest absolute Gasteiger partial charge is 0.403 e. The number of nitrogens with two attached hydrogens (primary N) is 1. The van der Waals surface area contributed by atoms with E-state index >= 15 is 0 Å². The Kier molecular flexibility index (Phi) is 2.86. The number of nitrogens with one attached hydrogen (secondary N) is 1. The van der Waals surface area contributed by atoms with Gasteiger partial charge in [-0.25, -0.2) is 0 Å². The molecule has 0 spiro atoms. The van der Waals surface area contributed by atoms with E-state index in [0.717, 1.165) is 5.57 Å². The Hall–Kier alpha value is -1.26. The van der Waals surface area contributed by atoms with Crippen molar-refractivity contribution in [3.8, 4) is 0 Å². The standard InChI is InChI=1S/C9H14BN2O2/c1-5-3-6(8(11)13)7(4-5)9(14)12-10-2/h6-7H,1,3-4H2,2H3,(H2,11,13)(H,12,14)/t6-,7+/m0/s1/i/hD. The van der Waals surface area contributed by atoms with E-state index in [4.69, 9.17) is 1.41 Å². The first kappa shape index (κ1) is 9.31. The van der Waals surface area contributed by atoms with Gasteiger partial charge in [0, 0.05) is 0 Å². The number of allylic oxidation sites excluding steroid dienone is 1. The van der Waals surface area contributed by atoms with Crippen molar-refractivity contribution in [1.82, 2.24) is 5.23 Å². The second-order valence-corrected chi connectivity index (χ2v) is 3.53. The van der Waals surface area contributed by atoms with E-state index in [9.17, 15) is 9.59 Å². The number of rotatable bonds is 3. The molecule has 1 aliphatic carbocycles. The number of amides is 2. The minimum Gasteiger partial charge on any atom is -0.403 e. The first-order valence-corrected chi connectivity index (χ1v) is 4.56. The van der Waals surface area contributed by atoms with E-state index in [2.05, 4.69) is 11.8 Å². The molecule has 0 unspecified atom stereocenters. The molecule has 2 atom stereocenters. The fourth-order valence-electron chi connectivity index (χ4n) is 1.79. The van der Waals surface area contributed by atoms with Crippen LogP contribution < -0.4 is 11.0 Å². The van der Waals surface area contributed by atoms with Gasteiger partial charge < -0.3 is 11.0 Å². The van der Waals surface area contributed by atoms with Crippen molar-refractivity contribution in [1.29, 1.82) is 0 Å². The molecule has 1 aliphatic rings. The SMILES string of the molecule is [2H]NC(=O)[C@H]1CC(=C)C[C@H]1C(=O)N[B]C. The van der Waals surface area contributed by atoms with Crippen molar-refractivity contribution in [2.75, 3.05) is 0 Å². The van der Waals surface area contributed by atoms with Crippen LogP contribution in [-0.2, 0) is 9.59 Å². The lowest BCUT2D eigenvalue weighted by atomic mass is 9.91.